The predicted molar refractivity (Wildman–Crippen MR) is 110 cm³/mol. The molecule has 0 aliphatic rings. The fourth-order valence-electron chi connectivity index (χ4n) is 2.63. The van der Waals surface area contributed by atoms with Gasteiger partial charge in [-0.25, -0.2) is 4.98 Å². The van der Waals surface area contributed by atoms with Crippen molar-refractivity contribution in [3.63, 3.8) is 0 Å². The van der Waals surface area contributed by atoms with Crippen LogP contribution in [0, 0.1) is 0 Å². The van der Waals surface area contributed by atoms with Crippen LogP contribution in [0.3, 0.4) is 0 Å². The number of hydrogen-bond donors (Lipinski definition) is 2. The Morgan fingerprint density at radius 2 is 1.78 bits per heavy atom. The van der Waals surface area contributed by atoms with Crippen molar-refractivity contribution < 1.29 is 9.47 Å². The number of hydrogen-bond acceptors (Lipinski definition) is 4. The molecule has 0 atom stereocenters. The zero-order chi connectivity index (χ0) is 19.1. The summed E-state index contributed by atoms with van der Waals surface area (Å²) in [6, 6.07) is 14.0. The van der Waals surface area contributed by atoms with Crippen LogP contribution in [0.2, 0.25) is 0 Å². The van der Waals surface area contributed by atoms with Crippen LogP contribution >= 0.6 is 12.2 Å². The van der Waals surface area contributed by atoms with E-state index in [1.807, 2.05) is 35.3 Å². The van der Waals surface area contributed by atoms with Crippen molar-refractivity contribution in [1.29, 1.82) is 0 Å². The average molecular weight is 382 g/mol. The first-order valence-electron chi connectivity index (χ1n) is 8.48. The molecule has 1 aromatic heterocycles. The number of benzene rings is 2. The molecule has 0 saturated heterocycles. The first-order chi connectivity index (χ1) is 13.2. The number of nitrogens with one attached hydrogen (secondary N) is 2. The lowest BCUT2D eigenvalue weighted by Crippen LogP contribution is -2.27. The number of ether oxygens (including phenoxy) is 2. The number of nitrogens with zero attached hydrogens (tertiary/aromatic N) is 2. The maximum Gasteiger partial charge on any atom is 0.171 e. The zero-order valence-electron chi connectivity index (χ0n) is 15.3. The molecule has 3 rings (SSSR count). The Balaban J connectivity index is 1.51. The van der Waals surface area contributed by atoms with Crippen molar-refractivity contribution in [3.8, 4) is 11.5 Å². The Bertz CT molecular complexity index is 880. The topological polar surface area (TPSA) is 60.3 Å². The molecule has 0 aliphatic carbocycles. The van der Waals surface area contributed by atoms with E-state index < -0.39 is 0 Å². The first-order valence-corrected chi connectivity index (χ1v) is 8.89. The minimum Gasteiger partial charge on any atom is -0.493 e. The summed E-state index contributed by atoms with van der Waals surface area (Å²) in [6.45, 7) is 1.46. The van der Waals surface area contributed by atoms with Crippen LogP contribution in [0.25, 0.3) is 0 Å². The molecule has 140 valence electrons. The summed E-state index contributed by atoms with van der Waals surface area (Å²) >= 11 is 5.37. The van der Waals surface area contributed by atoms with Gasteiger partial charge in [0.05, 0.1) is 20.5 Å². The fraction of sp³-hybridized carbons (Fsp3) is 0.200. The molecule has 2 aromatic carbocycles. The van der Waals surface area contributed by atoms with Gasteiger partial charge in [-0.3, -0.25) is 0 Å². The van der Waals surface area contributed by atoms with Gasteiger partial charge < -0.3 is 24.7 Å². The summed E-state index contributed by atoms with van der Waals surface area (Å²) in [6.07, 6.45) is 5.55. The Hall–Kier alpha value is -3.06. The number of rotatable bonds is 7. The van der Waals surface area contributed by atoms with Gasteiger partial charge in [-0.15, -0.1) is 0 Å². The first kappa shape index (κ1) is 18.7. The van der Waals surface area contributed by atoms with Crippen LogP contribution in [0.1, 0.15) is 11.1 Å². The fourth-order valence-corrected chi connectivity index (χ4v) is 2.82. The SMILES string of the molecule is COc1ccc(NC(=S)NCc2ccc(Cn3ccnc3)cc2)cc1OC. The molecule has 0 saturated carbocycles. The van der Waals surface area contributed by atoms with Crippen molar-refractivity contribution in [2.24, 2.45) is 0 Å². The molecule has 7 heteroatoms. The molecule has 0 radical (unpaired) electrons. The van der Waals surface area contributed by atoms with Gasteiger partial charge >= 0.3 is 0 Å². The lowest BCUT2D eigenvalue weighted by molar-refractivity contribution is 0.355. The van der Waals surface area contributed by atoms with Crippen molar-refractivity contribution >= 4 is 23.0 Å². The zero-order valence-corrected chi connectivity index (χ0v) is 16.1. The second-order valence-corrected chi connectivity index (χ2v) is 6.34. The Morgan fingerprint density at radius 1 is 1.04 bits per heavy atom. The van der Waals surface area contributed by atoms with Gasteiger partial charge in [-0.1, -0.05) is 24.3 Å². The third-order valence-corrected chi connectivity index (χ3v) is 4.29. The average Bonchev–Trinajstić information content (AvgIpc) is 3.20. The maximum absolute atomic E-state index is 5.37. The number of thiocarbonyl (C=S) groups is 1. The van der Waals surface area contributed by atoms with Crippen molar-refractivity contribution in [2.45, 2.75) is 13.1 Å². The van der Waals surface area contributed by atoms with Crippen molar-refractivity contribution in [3.05, 3.63) is 72.3 Å². The molecule has 0 unspecified atom stereocenters. The summed E-state index contributed by atoms with van der Waals surface area (Å²) < 4.78 is 12.6. The largest absolute Gasteiger partial charge is 0.493 e. The van der Waals surface area contributed by atoms with Gasteiger partial charge in [0.25, 0.3) is 0 Å². The van der Waals surface area contributed by atoms with Gasteiger partial charge in [-0.2, -0.15) is 0 Å². The molecular weight excluding hydrogens is 360 g/mol. The van der Waals surface area contributed by atoms with E-state index in [-0.39, 0.29) is 0 Å². The maximum atomic E-state index is 5.37. The monoisotopic (exact) mass is 382 g/mol. The van der Waals surface area contributed by atoms with Crippen LogP contribution in [-0.2, 0) is 13.1 Å². The van der Waals surface area contributed by atoms with Crippen LogP contribution < -0.4 is 20.1 Å². The van der Waals surface area contributed by atoms with E-state index in [9.17, 15) is 0 Å². The molecule has 6 nitrogen and oxygen atoms in total. The highest BCUT2D eigenvalue weighted by Gasteiger charge is 2.06. The van der Waals surface area contributed by atoms with Gasteiger partial charge in [0, 0.05) is 37.2 Å². The third kappa shape index (κ3) is 5.21. The molecule has 0 fully saturated rings. The van der Waals surface area contributed by atoms with Crippen LogP contribution in [-0.4, -0.2) is 28.9 Å². The second kappa shape index (κ2) is 9.05. The molecule has 1 heterocycles. The quantitative estimate of drug-likeness (QED) is 0.611. The predicted octanol–water partition coefficient (Wildman–Crippen LogP) is 3.44. The van der Waals surface area contributed by atoms with Crippen LogP contribution in [0.15, 0.2) is 61.2 Å². The lowest BCUT2D eigenvalue weighted by atomic mass is 10.1. The number of anilines is 1. The molecule has 0 spiro atoms. The molecule has 0 aliphatic heterocycles. The highest BCUT2D eigenvalue weighted by Crippen LogP contribution is 2.29. The minimum atomic E-state index is 0.546. The summed E-state index contributed by atoms with van der Waals surface area (Å²) in [4.78, 5) is 4.06. The van der Waals surface area contributed by atoms with Crippen LogP contribution in [0.4, 0.5) is 5.69 Å². The van der Waals surface area contributed by atoms with E-state index in [1.54, 1.807) is 20.4 Å². The van der Waals surface area contributed by atoms with Gasteiger partial charge in [-0.05, 0) is 35.5 Å². The highest BCUT2D eigenvalue weighted by molar-refractivity contribution is 7.80. The van der Waals surface area contributed by atoms with Gasteiger partial charge in [0.1, 0.15) is 0 Å². The summed E-state index contributed by atoms with van der Waals surface area (Å²) in [5.41, 5.74) is 3.21. The standard InChI is InChI=1S/C20H22N4O2S/c1-25-18-8-7-17(11-19(18)26-2)23-20(27)22-12-15-3-5-16(6-4-15)13-24-10-9-21-14-24/h3-11,14H,12-13H2,1-2H3,(H2,22,23,27). The minimum absolute atomic E-state index is 0.546. The second-order valence-electron chi connectivity index (χ2n) is 5.93. The smallest absolute Gasteiger partial charge is 0.171 e. The van der Waals surface area contributed by atoms with Gasteiger partial charge in [0.15, 0.2) is 16.6 Å². The number of aromatic nitrogens is 2. The summed E-state index contributed by atoms with van der Waals surface area (Å²) in [5.74, 6) is 1.33. The molecule has 0 amide bonds. The third-order valence-electron chi connectivity index (χ3n) is 4.04. The van der Waals surface area contributed by atoms with E-state index in [1.165, 1.54) is 5.56 Å². The molecule has 3 aromatic rings. The lowest BCUT2D eigenvalue weighted by Gasteiger charge is -2.13. The molecule has 27 heavy (non-hydrogen) atoms. The Kier molecular flexibility index (Phi) is 6.27. The highest BCUT2D eigenvalue weighted by atomic mass is 32.1. The van der Waals surface area contributed by atoms with Gasteiger partial charge in [0.2, 0.25) is 0 Å². The van der Waals surface area contributed by atoms with E-state index in [0.717, 1.165) is 17.8 Å². The number of methoxy groups -OCH3 is 2. The Morgan fingerprint density at radius 3 is 2.44 bits per heavy atom. The van der Waals surface area contributed by atoms with Crippen LogP contribution in [0.5, 0.6) is 11.5 Å². The normalized spacial score (nSPS) is 10.3. The summed E-state index contributed by atoms with van der Waals surface area (Å²) in [5, 5.41) is 6.91. The molecule has 2 N–H and O–H groups in total. The van der Waals surface area contributed by atoms with E-state index in [2.05, 4.69) is 39.9 Å². The Labute approximate surface area is 164 Å². The van der Waals surface area contributed by atoms with Crippen molar-refractivity contribution in [2.75, 3.05) is 19.5 Å². The van der Waals surface area contributed by atoms with Crippen molar-refractivity contribution in [1.82, 2.24) is 14.9 Å². The van der Waals surface area contributed by atoms with E-state index in [0.29, 0.717) is 23.2 Å². The van der Waals surface area contributed by atoms with E-state index in [4.69, 9.17) is 21.7 Å². The summed E-state index contributed by atoms with van der Waals surface area (Å²) in [7, 11) is 3.21. The van der Waals surface area contributed by atoms with E-state index >= 15 is 0 Å². The molecular formula is C20H22N4O2S. The number of imidazole rings is 1. The molecule has 0 bridgehead atoms.